The van der Waals surface area contributed by atoms with Gasteiger partial charge < -0.3 is 29.2 Å². The van der Waals surface area contributed by atoms with Crippen LogP contribution in [0.3, 0.4) is 0 Å². The number of amides is 2. The fourth-order valence-electron chi connectivity index (χ4n) is 5.36. The number of allylic oxidation sites excluding steroid dienone is 1. The zero-order valence-electron chi connectivity index (χ0n) is 23.5. The molecule has 1 heterocycles. The molecule has 0 saturated heterocycles. The number of hydrogen-bond donors (Lipinski definition) is 1. The van der Waals surface area contributed by atoms with Gasteiger partial charge in [-0.2, -0.15) is 13.2 Å². The fourth-order valence-corrected chi connectivity index (χ4v) is 5.36. The van der Waals surface area contributed by atoms with E-state index in [9.17, 15) is 14.4 Å². The predicted octanol–water partition coefficient (Wildman–Crippen LogP) is 4.44. The normalized spacial score (nSPS) is 20.1. The molecule has 2 aliphatic rings. The molecule has 9 nitrogen and oxygen atoms in total. The predicted molar refractivity (Wildman–Crippen MR) is 141 cm³/mol. The first-order valence-corrected chi connectivity index (χ1v) is 12.6. The third-order valence-corrected chi connectivity index (χ3v) is 7.27. The molecule has 0 bridgehead atoms. The number of halogens is 3. The Hall–Kier alpha value is -4.22. The van der Waals surface area contributed by atoms with Crippen LogP contribution in [0.15, 0.2) is 47.7 Å². The van der Waals surface area contributed by atoms with E-state index in [1.807, 2.05) is 5.32 Å². The van der Waals surface area contributed by atoms with E-state index >= 15 is 13.2 Å². The van der Waals surface area contributed by atoms with E-state index in [1.54, 1.807) is 38.1 Å². The average Bonchev–Trinajstić information content (AvgIpc) is 3.15. The number of benzene rings is 2. The van der Waals surface area contributed by atoms with Crippen molar-refractivity contribution >= 4 is 17.6 Å². The Morgan fingerprint density at radius 1 is 0.927 bits per heavy atom. The Morgan fingerprint density at radius 3 is 2.00 bits per heavy atom. The number of alkyl halides is 3. The van der Waals surface area contributed by atoms with E-state index in [0.717, 1.165) is 17.0 Å². The van der Waals surface area contributed by atoms with Crippen LogP contribution in [0.4, 0.5) is 13.2 Å². The molecule has 0 aromatic heterocycles. The molecular weight excluding hydrogens is 545 g/mol. The van der Waals surface area contributed by atoms with Crippen molar-refractivity contribution in [3.63, 3.8) is 0 Å². The van der Waals surface area contributed by atoms with Crippen molar-refractivity contribution in [1.29, 1.82) is 0 Å². The van der Waals surface area contributed by atoms with Crippen molar-refractivity contribution < 1.29 is 46.5 Å². The van der Waals surface area contributed by atoms with Gasteiger partial charge in [-0.1, -0.05) is 26.0 Å². The maximum Gasteiger partial charge on any atom is 0.425 e. The second-order valence-electron chi connectivity index (χ2n) is 10.6. The topological polar surface area (TPSA) is 103 Å². The van der Waals surface area contributed by atoms with Gasteiger partial charge in [0, 0.05) is 17.7 Å². The maximum absolute atomic E-state index is 15.2. The number of rotatable bonds is 8. The summed E-state index contributed by atoms with van der Waals surface area (Å²) in [5.41, 5.74) is -4.92. The summed E-state index contributed by atoms with van der Waals surface area (Å²) in [7, 11) is 5.37. The highest BCUT2D eigenvalue weighted by Crippen LogP contribution is 2.52. The van der Waals surface area contributed by atoms with Crippen molar-refractivity contribution in [1.82, 2.24) is 10.2 Å². The minimum Gasteiger partial charge on any atom is -0.497 e. The molecule has 41 heavy (non-hydrogen) atoms. The lowest BCUT2D eigenvalue weighted by atomic mass is 9.72. The van der Waals surface area contributed by atoms with E-state index in [0.29, 0.717) is 11.3 Å². The summed E-state index contributed by atoms with van der Waals surface area (Å²) in [6.45, 7) is 3.24. The molecule has 2 aromatic carbocycles. The number of hydrogen-bond acceptors (Lipinski definition) is 7. The molecule has 0 saturated carbocycles. The molecular formula is C29H31F3N2O7. The largest absolute Gasteiger partial charge is 0.497 e. The van der Waals surface area contributed by atoms with Gasteiger partial charge in [0.05, 0.1) is 40.6 Å². The monoisotopic (exact) mass is 576 g/mol. The van der Waals surface area contributed by atoms with Gasteiger partial charge in [0.2, 0.25) is 11.3 Å². The Balaban J connectivity index is 1.86. The third kappa shape index (κ3) is 5.07. The van der Waals surface area contributed by atoms with E-state index in [-0.39, 0.29) is 47.9 Å². The van der Waals surface area contributed by atoms with Gasteiger partial charge >= 0.3 is 6.18 Å². The van der Waals surface area contributed by atoms with E-state index in [4.69, 9.17) is 18.9 Å². The van der Waals surface area contributed by atoms with E-state index in [2.05, 4.69) is 0 Å². The molecule has 0 unspecified atom stereocenters. The molecule has 4 rings (SSSR count). The van der Waals surface area contributed by atoms with Gasteiger partial charge in [-0.25, -0.2) is 0 Å². The summed E-state index contributed by atoms with van der Waals surface area (Å²) in [5.74, 6) is -2.89. The molecule has 1 aliphatic heterocycles. The number of nitrogens with zero attached hydrogens (tertiary/aromatic N) is 1. The van der Waals surface area contributed by atoms with Crippen LogP contribution in [0.2, 0.25) is 0 Å². The molecule has 1 aliphatic carbocycles. The molecule has 0 fully saturated rings. The van der Waals surface area contributed by atoms with Gasteiger partial charge in [0.25, 0.3) is 11.8 Å². The number of ketones is 1. The van der Waals surface area contributed by atoms with Crippen LogP contribution in [0.25, 0.3) is 0 Å². The second-order valence-corrected chi connectivity index (χ2v) is 10.6. The SMILES string of the molecule is COc1ccc(CN2C(=O)[C@](NC(=O)c3cc(OC)c(OC)c(OC)c3)(C(F)(F)F)C3=C2CC(C)(C)CC3=O)cc1. The molecule has 1 N–H and O–H groups in total. The maximum atomic E-state index is 15.2. The standard InChI is InChI=1S/C29H31F3N2O7/c1-27(2)13-19-23(20(35)14-27)28(29(30,31)32,26(37)34(19)15-16-7-9-18(38-3)10-8-16)33-25(36)17-11-21(39-4)24(41-6)22(12-17)40-5/h7-12H,13-15H2,1-6H3,(H,33,36)/t28-/m0/s1. The number of methoxy groups -OCH3 is 4. The minimum absolute atomic E-state index is 0.0207. The molecule has 12 heteroatoms. The fraction of sp³-hybridized carbons (Fsp3) is 0.414. The van der Waals surface area contributed by atoms with Crippen LogP contribution in [-0.4, -0.2) is 62.7 Å². The summed E-state index contributed by atoms with van der Waals surface area (Å²) in [6, 6.07) is 8.79. The van der Waals surface area contributed by atoms with Crippen molar-refractivity contribution in [3.8, 4) is 23.0 Å². The van der Waals surface area contributed by atoms with Crippen molar-refractivity contribution in [3.05, 3.63) is 58.8 Å². The number of carbonyl (C=O) groups is 3. The van der Waals surface area contributed by atoms with Gasteiger partial charge in [0.15, 0.2) is 17.3 Å². The molecule has 0 radical (unpaired) electrons. The first kappa shape index (κ1) is 29.8. The molecule has 1 atom stereocenters. The molecule has 2 aromatic rings. The Bertz CT molecular complexity index is 1390. The summed E-state index contributed by atoms with van der Waals surface area (Å²) < 4.78 is 66.3. The van der Waals surface area contributed by atoms with Crippen LogP contribution in [0.1, 0.15) is 42.6 Å². The quantitative estimate of drug-likeness (QED) is 0.496. The average molecular weight is 577 g/mol. The lowest BCUT2D eigenvalue weighted by molar-refractivity contribution is -0.190. The smallest absolute Gasteiger partial charge is 0.425 e. The molecule has 220 valence electrons. The number of Topliss-reactive ketones (excluding diaryl/α,β-unsaturated/α-hetero) is 1. The highest BCUT2D eigenvalue weighted by Gasteiger charge is 2.71. The van der Waals surface area contributed by atoms with Gasteiger partial charge in [0.1, 0.15) is 5.75 Å². The Kier molecular flexibility index (Phi) is 7.72. The highest BCUT2D eigenvalue weighted by atomic mass is 19.4. The zero-order chi connectivity index (χ0) is 30.3. The second kappa shape index (κ2) is 10.6. The number of ether oxygens (including phenoxy) is 4. The number of nitrogens with one attached hydrogen (secondary N) is 1. The van der Waals surface area contributed by atoms with E-state index in [1.165, 1.54) is 28.4 Å². The van der Waals surface area contributed by atoms with Crippen LogP contribution in [0, 0.1) is 5.41 Å². The summed E-state index contributed by atoms with van der Waals surface area (Å²) in [6.07, 6.45) is -5.56. The van der Waals surface area contributed by atoms with Crippen molar-refractivity contribution in [2.75, 3.05) is 28.4 Å². The zero-order valence-corrected chi connectivity index (χ0v) is 23.5. The Morgan fingerprint density at radius 2 is 1.51 bits per heavy atom. The first-order chi connectivity index (χ1) is 19.2. The summed E-state index contributed by atoms with van der Waals surface area (Å²) >= 11 is 0. The van der Waals surface area contributed by atoms with Crippen LogP contribution >= 0.6 is 0 Å². The lowest BCUT2D eigenvalue weighted by Gasteiger charge is -2.35. The van der Waals surface area contributed by atoms with E-state index < -0.39 is 40.3 Å². The van der Waals surface area contributed by atoms with Gasteiger partial charge in [-0.15, -0.1) is 0 Å². The van der Waals surface area contributed by atoms with Gasteiger partial charge in [-0.3, -0.25) is 14.4 Å². The molecule has 2 amide bonds. The molecule has 0 spiro atoms. The Labute approximate surface area is 235 Å². The first-order valence-electron chi connectivity index (χ1n) is 12.6. The third-order valence-electron chi connectivity index (χ3n) is 7.27. The number of carbonyl (C=O) groups excluding carboxylic acids is 3. The lowest BCUT2D eigenvalue weighted by Crippen LogP contribution is -2.66. The van der Waals surface area contributed by atoms with Gasteiger partial charge in [-0.05, 0) is 41.7 Å². The van der Waals surface area contributed by atoms with Crippen LogP contribution in [-0.2, 0) is 16.1 Å². The van der Waals surface area contributed by atoms with Crippen molar-refractivity contribution in [2.45, 2.75) is 44.9 Å². The minimum atomic E-state index is -5.35. The summed E-state index contributed by atoms with van der Waals surface area (Å²) in [5, 5.41) is 1.92. The highest BCUT2D eigenvalue weighted by molar-refractivity contribution is 6.14. The van der Waals surface area contributed by atoms with Crippen LogP contribution in [0.5, 0.6) is 23.0 Å². The summed E-state index contributed by atoms with van der Waals surface area (Å²) in [4.78, 5) is 41.8. The van der Waals surface area contributed by atoms with Crippen molar-refractivity contribution in [2.24, 2.45) is 5.41 Å². The van der Waals surface area contributed by atoms with Crippen LogP contribution < -0.4 is 24.3 Å².